The van der Waals surface area contributed by atoms with Gasteiger partial charge in [-0.2, -0.15) is 0 Å². The lowest BCUT2D eigenvalue weighted by Crippen LogP contribution is -2.70. The molecule has 1 fully saturated rings. The summed E-state index contributed by atoms with van der Waals surface area (Å²) >= 11 is 19.7. The molecule has 1 saturated heterocycles. The fraction of sp³-hybridized carbons (Fsp3) is 0.438. The minimum absolute atomic E-state index is 0.0497. The number of carbonyl (C=O) groups excluding carboxylic acids is 3. The summed E-state index contributed by atoms with van der Waals surface area (Å²) in [5.74, 6) is -1.34. The van der Waals surface area contributed by atoms with Gasteiger partial charge in [0.15, 0.2) is 0 Å². The molecule has 0 spiro atoms. The predicted octanol–water partition coefficient (Wildman–Crippen LogP) is 2.88. The number of carbonyl (C=O) groups is 3. The molecule has 146 valence electrons. The highest BCUT2D eigenvalue weighted by molar-refractivity contribution is 8.00. The third-order valence-electron chi connectivity index (χ3n) is 3.86. The Hall–Kier alpha value is -0.930. The highest BCUT2D eigenvalue weighted by Crippen LogP contribution is 2.41. The van der Waals surface area contributed by atoms with Crippen LogP contribution in [0.4, 0.5) is 0 Å². The van der Waals surface area contributed by atoms with Gasteiger partial charge >= 0.3 is 5.97 Å². The van der Waals surface area contributed by atoms with Crippen molar-refractivity contribution in [2.75, 3.05) is 6.61 Å². The van der Waals surface area contributed by atoms with E-state index in [1.54, 1.807) is 6.08 Å². The Morgan fingerprint density at radius 1 is 1.37 bits per heavy atom. The van der Waals surface area contributed by atoms with Gasteiger partial charge in [-0.15, -0.1) is 23.1 Å². The van der Waals surface area contributed by atoms with Crippen molar-refractivity contribution >= 4 is 75.7 Å². The first-order chi connectivity index (χ1) is 12.7. The molecule has 2 amide bonds. The molecule has 11 heteroatoms. The molecule has 2 unspecified atom stereocenters. The zero-order valence-electron chi connectivity index (χ0n) is 14.0. The quantitative estimate of drug-likeness (QED) is 0.408. The SMILES string of the molecule is CC1C=C(C(=O)OCC(Cl)(Cl)Cl)N2C(=O)C(NC(=O)Cc3cccs3)[C@H]2S1. The number of halogens is 3. The van der Waals surface area contributed by atoms with Gasteiger partial charge in [0.25, 0.3) is 5.91 Å². The molecule has 0 aromatic carbocycles. The average Bonchev–Trinajstić information content (AvgIpc) is 3.09. The number of hydrogen-bond donors (Lipinski definition) is 1. The lowest BCUT2D eigenvalue weighted by Gasteiger charge is -2.49. The number of β-lactam (4-membered cyclic amide) rings is 1. The lowest BCUT2D eigenvalue weighted by atomic mass is 10.0. The Morgan fingerprint density at radius 2 is 2.11 bits per heavy atom. The van der Waals surface area contributed by atoms with Gasteiger partial charge in [0.05, 0.1) is 6.42 Å². The summed E-state index contributed by atoms with van der Waals surface area (Å²) in [6, 6.07) is 3.04. The van der Waals surface area contributed by atoms with Crippen LogP contribution in [0.1, 0.15) is 11.8 Å². The molecule has 0 radical (unpaired) electrons. The van der Waals surface area contributed by atoms with Gasteiger partial charge in [-0.25, -0.2) is 4.79 Å². The van der Waals surface area contributed by atoms with Crippen LogP contribution in [0.3, 0.4) is 0 Å². The third-order valence-corrected chi connectivity index (χ3v) is 6.39. The van der Waals surface area contributed by atoms with E-state index in [-0.39, 0.29) is 34.6 Å². The molecule has 1 aromatic rings. The van der Waals surface area contributed by atoms with Gasteiger partial charge in [-0.1, -0.05) is 40.9 Å². The molecule has 27 heavy (non-hydrogen) atoms. The standard InChI is InChI=1S/C16H15Cl3N2O4S2/c1-8-5-10(15(24)25-7-16(17,18)19)21-13(23)12(14(21)27-8)20-11(22)6-9-3-2-4-26-9/h2-5,8,12,14H,6-7H2,1H3,(H,20,22)/t8?,12?,14-/m1/s1. The van der Waals surface area contributed by atoms with Crippen LogP contribution in [0.2, 0.25) is 0 Å². The Morgan fingerprint density at radius 3 is 2.74 bits per heavy atom. The lowest BCUT2D eigenvalue weighted by molar-refractivity contribution is -0.152. The predicted molar refractivity (Wildman–Crippen MR) is 107 cm³/mol. The largest absolute Gasteiger partial charge is 0.456 e. The first-order valence-corrected chi connectivity index (χ1v) is 10.9. The minimum Gasteiger partial charge on any atom is -0.456 e. The van der Waals surface area contributed by atoms with Crippen molar-refractivity contribution in [3.05, 3.63) is 34.2 Å². The van der Waals surface area contributed by atoms with E-state index in [0.717, 1.165) is 4.88 Å². The van der Waals surface area contributed by atoms with Crippen LogP contribution in [-0.4, -0.2) is 49.7 Å². The van der Waals surface area contributed by atoms with Crippen molar-refractivity contribution in [3.63, 3.8) is 0 Å². The van der Waals surface area contributed by atoms with E-state index in [1.807, 2.05) is 24.4 Å². The number of rotatable bonds is 5. The summed E-state index contributed by atoms with van der Waals surface area (Å²) in [6.45, 7) is 1.46. The number of nitrogens with zero attached hydrogens (tertiary/aromatic N) is 1. The number of ether oxygens (including phenoxy) is 1. The number of amides is 2. The van der Waals surface area contributed by atoms with Crippen LogP contribution in [0, 0.1) is 0 Å². The monoisotopic (exact) mass is 468 g/mol. The fourth-order valence-electron chi connectivity index (χ4n) is 2.74. The Bertz CT molecular complexity index is 779. The number of nitrogens with one attached hydrogen (secondary N) is 1. The summed E-state index contributed by atoms with van der Waals surface area (Å²) < 4.78 is 3.26. The van der Waals surface area contributed by atoms with Gasteiger partial charge < -0.3 is 10.1 Å². The van der Waals surface area contributed by atoms with E-state index >= 15 is 0 Å². The highest BCUT2D eigenvalue weighted by atomic mass is 35.6. The first-order valence-electron chi connectivity index (χ1n) is 7.91. The second-order valence-corrected chi connectivity index (χ2v) is 11.0. The van der Waals surface area contributed by atoms with Crippen molar-refractivity contribution in [1.82, 2.24) is 10.2 Å². The zero-order valence-corrected chi connectivity index (χ0v) is 17.9. The maximum atomic E-state index is 12.5. The summed E-state index contributed by atoms with van der Waals surface area (Å²) in [5.41, 5.74) is 0.106. The molecule has 3 atom stereocenters. The molecule has 0 bridgehead atoms. The summed E-state index contributed by atoms with van der Waals surface area (Å²) in [5, 5.41) is 4.21. The van der Waals surface area contributed by atoms with E-state index in [2.05, 4.69) is 5.32 Å². The molecule has 0 saturated carbocycles. The van der Waals surface area contributed by atoms with Crippen LogP contribution >= 0.6 is 57.9 Å². The molecular weight excluding hydrogens is 455 g/mol. The maximum Gasteiger partial charge on any atom is 0.354 e. The molecule has 3 rings (SSSR count). The fourth-order valence-corrected chi connectivity index (χ4v) is 4.93. The molecule has 1 N–H and O–H groups in total. The molecule has 3 heterocycles. The van der Waals surface area contributed by atoms with Crippen LogP contribution in [0.5, 0.6) is 0 Å². The van der Waals surface area contributed by atoms with E-state index in [0.29, 0.717) is 0 Å². The van der Waals surface area contributed by atoms with Crippen LogP contribution in [0.25, 0.3) is 0 Å². The van der Waals surface area contributed by atoms with Crippen molar-refractivity contribution in [2.45, 2.75) is 33.8 Å². The van der Waals surface area contributed by atoms with E-state index in [9.17, 15) is 14.4 Å². The van der Waals surface area contributed by atoms with Crippen molar-refractivity contribution in [1.29, 1.82) is 0 Å². The topological polar surface area (TPSA) is 75.7 Å². The molecular formula is C16H15Cl3N2O4S2. The average molecular weight is 470 g/mol. The van der Waals surface area contributed by atoms with Gasteiger partial charge in [-0.05, 0) is 24.4 Å². The smallest absolute Gasteiger partial charge is 0.354 e. The van der Waals surface area contributed by atoms with Crippen LogP contribution in [0.15, 0.2) is 29.3 Å². The second kappa shape index (κ2) is 8.21. The van der Waals surface area contributed by atoms with E-state index < -0.39 is 22.4 Å². The van der Waals surface area contributed by atoms with Crippen LogP contribution < -0.4 is 5.32 Å². The van der Waals surface area contributed by atoms with Crippen molar-refractivity contribution < 1.29 is 19.1 Å². The van der Waals surface area contributed by atoms with E-state index in [4.69, 9.17) is 39.5 Å². The number of thiophene rings is 1. The molecule has 6 nitrogen and oxygen atoms in total. The summed E-state index contributed by atoms with van der Waals surface area (Å²) in [4.78, 5) is 39.3. The number of alkyl halides is 3. The van der Waals surface area contributed by atoms with Crippen LogP contribution in [-0.2, 0) is 25.5 Å². The summed E-state index contributed by atoms with van der Waals surface area (Å²) in [7, 11) is 0. The van der Waals surface area contributed by atoms with E-state index in [1.165, 1.54) is 28.0 Å². The Balaban J connectivity index is 1.64. The molecule has 1 aromatic heterocycles. The van der Waals surface area contributed by atoms with Gasteiger partial charge in [-0.3, -0.25) is 14.5 Å². The van der Waals surface area contributed by atoms with Crippen molar-refractivity contribution in [3.8, 4) is 0 Å². The van der Waals surface area contributed by atoms with Gasteiger partial charge in [0, 0.05) is 10.1 Å². The Kier molecular flexibility index (Phi) is 6.32. The van der Waals surface area contributed by atoms with Gasteiger partial charge in [0.2, 0.25) is 9.70 Å². The maximum absolute atomic E-state index is 12.5. The second-order valence-electron chi connectivity index (χ2n) is 5.98. The number of fused-ring (bicyclic) bond motifs is 1. The molecule has 0 aliphatic carbocycles. The number of esters is 1. The third kappa shape index (κ3) is 4.92. The van der Waals surface area contributed by atoms with Crippen molar-refractivity contribution in [2.24, 2.45) is 0 Å². The first kappa shape index (κ1) is 20.8. The Labute approximate surface area is 179 Å². The number of thioether (sulfide) groups is 1. The summed E-state index contributed by atoms with van der Waals surface area (Å²) in [6.07, 6.45) is 1.84. The van der Waals surface area contributed by atoms with Gasteiger partial charge in [0.1, 0.15) is 23.7 Å². The molecule has 2 aliphatic heterocycles. The molecule has 2 aliphatic rings. The normalized spacial score (nSPS) is 24.6. The zero-order chi connectivity index (χ0) is 19.8. The highest BCUT2D eigenvalue weighted by Gasteiger charge is 2.54. The number of hydrogen-bond acceptors (Lipinski definition) is 6. The minimum atomic E-state index is -1.73.